The van der Waals surface area contributed by atoms with Crippen molar-refractivity contribution in [1.82, 2.24) is 9.29 Å². The number of sulfonamides is 1. The molecule has 0 atom stereocenters. The van der Waals surface area contributed by atoms with Crippen LogP contribution in [0.1, 0.15) is 12.8 Å². The zero-order valence-corrected chi connectivity index (χ0v) is 19.1. The molecule has 1 fully saturated rings. The van der Waals surface area contributed by atoms with Gasteiger partial charge in [0.05, 0.1) is 11.2 Å². The van der Waals surface area contributed by atoms with Gasteiger partial charge in [0, 0.05) is 48.9 Å². The molecular weight excluding hydrogens is 434 g/mol. The van der Waals surface area contributed by atoms with Crippen LogP contribution in [0.25, 0.3) is 21.9 Å². The molecule has 164 valence electrons. The lowest BCUT2D eigenvalue weighted by molar-refractivity contribution is 0.332. The fraction of sp³-hybridized carbons (Fsp3) is 0.318. The molecule has 1 N–H and O–H groups in total. The van der Waals surface area contributed by atoms with Gasteiger partial charge >= 0.3 is 0 Å². The van der Waals surface area contributed by atoms with Crippen LogP contribution in [0, 0.1) is 0 Å². The second-order valence-electron chi connectivity index (χ2n) is 8.00. The van der Waals surface area contributed by atoms with Gasteiger partial charge in [0.2, 0.25) is 10.0 Å². The van der Waals surface area contributed by atoms with E-state index in [0.717, 1.165) is 40.4 Å². The minimum absolute atomic E-state index is 0.157. The van der Waals surface area contributed by atoms with Gasteiger partial charge in [-0.05, 0) is 59.7 Å². The topological polar surface area (TPSA) is 96.4 Å². The Morgan fingerprint density at radius 2 is 1.61 bits per heavy atom. The second kappa shape index (κ2) is 8.22. The second-order valence-corrected chi connectivity index (χ2v) is 12.0. The molecule has 0 spiro atoms. The van der Waals surface area contributed by atoms with Crippen LogP contribution in [-0.4, -0.2) is 57.8 Å². The molecule has 0 radical (unpaired) electrons. The minimum Gasteiger partial charge on any atom is -0.382 e. The van der Waals surface area contributed by atoms with Gasteiger partial charge in [-0.3, -0.25) is 4.98 Å². The zero-order chi connectivity index (χ0) is 22.2. The lowest BCUT2D eigenvalue weighted by Gasteiger charge is -2.31. The Morgan fingerprint density at radius 1 is 0.935 bits per heavy atom. The number of sulfone groups is 1. The summed E-state index contributed by atoms with van der Waals surface area (Å²) in [6, 6.07) is 13.1. The third-order valence-electron chi connectivity index (χ3n) is 5.65. The summed E-state index contributed by atoms with van der Waals surface area (Å²) in [5.74, 6) is 0. The molecule has 1 aliphatic rings. The van der Waals surface area contributed by atoms with E-state index in [9.17, 15) is 16.8 Å². The lowest BCUT2D eigenvalue weighted by atomic mass is 9.99. The quantitative estimate of drug-likeness (QED) is 0.630. The fourth-order valence-electron chi connectivity index (χ4n) is 3.93. The largest absolute Gasteiger partial charge is 0.382 e. The average molecular weight is 460 g/mol. The van der Waals surface area contributed by atoms with Gasteiger partial charge in [-0.2, -0.15) is 0 Å². The molecule has 0 unspecified atom stereocenters. The summed E-state index contributed by atoms with van der Waals surface area (Å²) in [6.07, 6.45) is 7.46. The maximum Gasteiger partial charge on any atom is 0.211 e. The Labute approximate surface area is 183 Å². The molecule has 3 aromatic rings. The molecule has 7 nitrogen and oxygen atoms in total. The molecule has 1 aliphatic heterocycles. The van der Waals surface area contributed by atoms with E-state index in [1.165, 1.54) is 16.8 Å². The van der Waals surface area contributed by atoms with Crippen LogP contribution in [0.3, 0.4) is 0 Å². The summed E-state index contributed by atoms with van der Waals surface area (Å²) in [5, 5.41) is 5.60. The highest BCUT2D eigenvalue weighted by Crippen LogP contribution is 2.32. The van der Waals surface area contributed by atoms with Gasteiger partial charge in [0.25, 0.3) is 0 Å². The molecule has 0 bridgehead atoms. The number of benzene rings is 2. The zero-order valence-electron chi connectivity index (χ0n) is 17.4. The van der Waals surface area contributed by atoms with Crippen LogP contribution in [0.5, 0.6) is 0 Å². The van der Waals surface area contributed by atoms with Crippen LogP contribution in [-0.2, 0) is 19.9 Å². The van der Waals surface area contributed by atoms with Crippen molar-refractivity contribution in [2.24, 2.45) is 0 Å². The molecule has 1 aromatic heterocycles. The number of hydrogen-bond acceptors (Lipinski definition) is 6. The first-order valence-electron chi connectivity index (χ1n) is 10.0. The Hall–Kier alpha value is -2.49. The number of nitrogens with one attached hydrogen (secondary N) is 1. The number of nitrogens with zero attached hydrogens (tertiary/aromatic N) is 2. The maximum absolute atomic E-state index is 11.8. The van der Waals surface area contributed by atoms with Crippen LogP contribution in [0.15, 0.2) is 59.8 Å². The third-order valence-corrected chi connectivity index (χ3v) is 8.09. The van der Waals surface area contributed by atoms with E-state index in [-0.39, 0.29) is 10.9 Å². The number of piperidine rings is 1. The van der Waals surface area contributed by atoms with E-state index < -0.39 is 19.9 Å². The van der Waals surface area contributed by atoms with Gasteiger partial charge in [-0.15, -0.1) is 0 Å². The Morgan fingerprint density at radius 3 is 2.23 bits per heavy atom. The molecule has 0 aliphatic carbocycles. The highest BCUT2D eigenvalue weighted by Gasteiger charge is 2.25. The molecule has 0 saturated carbocycles. The molecule has 4 rings (SSSR count). The van der Waals surface area contributed by atoms with E-state index in [0.29, 0.717) is 13.1 Å². The van der Waals surface area contributed by atoms with Gasteiger partial charge in [-0.25, -0.2) is 21.1 Å². The Bertz CT molecular complexity index is 1310. The molecule has 2 heterocycles. The highest BCUT2D eigenvalue weighted by atomic mass is 32.2. The number of hydrogen-bond donors (Lipinski definition) is 1. The first kappa shape index (κ1) is 21.7. The molecule has 31 heavy (non-hydrogen) atoms. The van der Waals surface area contributed by atoms with E-state index in [1.807, 2.05) is 30.5 Å². The van der Waals surface area contributed by atoms with Crippen molar-refractivity contribution in [2.75, 3.05) is 30.9 Å². The monoisotopic (exact) mass is 459 g/mol. The lowest BCUT2D eigenvalue weighted by Crippen LogP contribution is -2.41. The molecule has 2 aromatic carbocycles. The van der Waals surface area contributed by atoms with Crippen LogP contribution in [0.4, 0.5) is 5.69 Å². The van der Waals surface area contributed by atoms with E-state index >= 15 is 0 Å². The SMILES string of the molecule is CS(=O)(=O)c1ccc(-c2cc(NC3CCN(S(C)(=O)=O)CC3)c3cnccc3c2)cc1. The van der Waals surface area contributed by atoms with Crippen molar-refractivity contribution < 1.29 is 16.8 Å². The third kappa shape index (κ3) is 4.89. The van der Waals surface area contributed by atoms with Gasteiger partial charge < -0.3 is 5.32 Å². The summed E-state index contributed by atoms with van der Waals surface area (Å²) in [5.41, 5.74) is 2.82. The smallest absolute Gasteiger partial charge is 0.211 e. The fourth-order valence-corrected chi connectivity index (χ4v) is 5.44. The first-order valence-corrected chi connectivity index (χ1v) is 13.8. The summed E-state index contributed by atoms with van der Waals surface area (Å²) < 4.78 is 48.6. The number of pyridine rings is 1. The minimum atomic E-state index is -3.25. The summed E-state index contributed by atoms with van der Waals surface area (Å²) in [4.78, 5) is 4.55. The molecule has 9 heteroatoms. The van der Waals surface area contributed by atoms with Crippen molar-refractivity contribution >= 4 is 36.3 Å². The maximum atomic E-state index is 11.8. The van der Waals surface area contributed by atoms with Gasteiger partial charge in [0.15, 0.2) is 9.84 Å². The van der Waals surface area contributed by atoms with Crippen molar-refractivity contribution in [2.45, 2.75) is 23.8 Å². The number of anilines is 1. The summed E-state index contributed by atoms with van der Waals surface area (Å²) >= 11 is 0. The van der Waals surface area contributed by atoms with Gasteiger partial charge in [0.1, 0.15) is 0 Å². The standard InChI is InChI=1S/C22H25N3O4S2/c1-30(26,27)20-5-3-16(4-6-20)18-13-17-7-10-23-15-21(17)22(14-18)24-19-8-11-25(12-9-19)31(2,28)29/h3-7,10,13-15,19,24H,8-9,11-12H2,1-2H3. The van der Waals surface area contributed by atoms with Crippen molar-refractivity contribution in [3.8, 4) is 11.1 Å². The summed E-state index contributed by atoms with van der Waals surface area (Å²) in [7, 11) is -6.41. The normalized spacial score (nSPS) is 16.5. The van der Waals surface area contributed by atoms with Crippen LogP contribution in [0.2, 0.25) is 0 Å². The van der Waals surface area contributed by atoms with Crippen LogP contribution < -0.4 is 5.32 Å². The highest BCUT2D eigenvalue weighted by molar-refractivity contribution is 7.90. The Balaban J connectivity index is 1.65. The average Bonchev–Trinajstić information content (AvgIpc) is 2.73. The van der Waals surface area contributed by atoms with Crippen LogP contribution >= 0.6 is 0 Å². The Kier molecular flexibility index (Phi) is 5.76. The first-order chi connectivity index (χ1) is 14.6. The predicted molar refractivity (Wildman–Crippen MR) is 123 cm³/mol. The van der Waals surface area contributed by atoms with Crippen molar-refractivity contribution in [3.05, 3.63) is 54.9 Å². The molecule has 1 saturated heterocycles. The number of rotatable bonds is 5. The number of fused-ring (bicyclic) bond motifs is 1. The van der Waals surface area contributed by atoms with Crippen molar-refractivity contribution in [1.29, 1.82) is 0 Å². The van der Waals surface area contributed by atoms with E-state index in [4.69, 9.17) is 0 Å². The molecule has 0 amide bonds. The van der Waals surface area contributed by atoms with E-state index in [2.05, 4.69) is 16.4 Å². The van der Waals surface area contributed by atoms with E-state index in [1.54, 1.807) is 18.3 Å². The number of aromatic nitrogens is 1. The predicted octanol–water partition coefficient (Wildman–Crippen LogP) is 3.14. The van der Waals surface area contributed by atoms with Gasteiger partial charge in [-0.1, -0.05) is 12.1 Å². The molecular formula is C22H25N3O4S2. The van der Waals surface area contributed by atoms with Crippen molar-refractivity contribution in [3.63, 3.8) is 0 Å². The summed E-state index contributed by atoms with van der Waals surface area (Å²) in [6.45, 7) is 0.999.